The number of hydrogen-bond donors (Lipinski definition) is 0. The van der Waals surface area contributed by atoms with Crippen LogP contribution in [-0.2, 0) is 4.74 Å². The van der Waals surface area contributed by atoms with Gasteiger partial charge >= 0.3 is 0 Å². The Balaban J connectivity index is 1.76. The first-order valence-electron chi connectivity index (χ1n) is 9.46. The first-order valence-corrected chi connectivity index (χ1v) is 9.83. The number of aromatic nitrogens is 4. The van der Waals surface area contributed by atoms with E-state index in [0.717, 1.165) is 53.9 Å². The molecule has 1 aliphatic rings. The van der Waals surface area contributed by atoms with Crippen molar-refractivity contribution in [2.75, 3.05) is 13.2 Å². The maximum Gasteiger partial charge on any atom is 0.182 e. The van der Waals surface area contributed by atoms with E-state index >= 15 is 0 Å². The number of ether oxygens (including phenoxy) is 1. The molecule has 3 heterocycles. The molecule has 2 aromatic heterocycles. The van der Waals surface area contributed by atoms with Gasteiger partial charge in [0, 0.05) is 24.3 Å². The van der Waals surface area contributed by atoms with E-state index in [4.69, 9.17) is 21.4 Å². The summed E-state index contributed by atoms with van der Waals surface area (Å²) < 4.78 is 7.52. The van der Waals surface area contributed by atoms with Crippen molar-refractivity contribution in [3.8, 4) is 22.5 Å². The van der Waals surface area contributed by atoms with Crippen molar-refractivity contribution < 1.29 is 4.74 Å². The lowest BCUT2D eigenvalue weighted by Crippen LogP contribution is -2.20. The first kappa shape index (κ1) is 17.3. The molecule has 2 aromatic carbocycles. The van der Waals surface area contributed by atoms with Crippen molar-refractivity contribution in [1.82, 2.24) is 20.0 Å². The van der Waals surface area contributed by atoms with Crippen LogP contribution in [0.3, 0.4) is 0 Å². The van der Waals surface area contributed by atoms with Gasteiger partial charge in [-0.1, -0.05) is 72.3 Å². The zero-order valence-electron chi connectivity index (χ0n) is 15.3. The second kappa shape index (κ2) is 7.34. The van der Waals surface area contributed by atoms with Crippen molar-refractivity contribution >= 4 is 22.6 Å². The molecule has 28 heavy (non-hydrogen) atoms. The number of halogens is 1. The standard InChI is InChI=1S/C22H19ClN4O/c23-19-18-20(15-7-3-1-4-8-15)26-27(17-11-13-28-14-12-17)22(18)25-24-21(19)16-9-5-2-6-10-16/h1-10,17H,11-14H2. The number of hydrogen-bond acceptors (Lipinski definition) is 4. The van der Waals surface area contributed by atoms with Crippen LogP contribution in [0.25, 0.3) is 33.5 Å². The minimum Gasteiger partial charge on any atom is -0.381 e. The van der Waals surface area contributed by atoms with Gasteiger partial charge in [-0.15, -0.1) is 10.2 Å². The summed E-state index contributed by atoms with van der Waals surface area (Å²) in [5, 5.41) is 15.4. The average molecular weight is 391 g/mol. The normalized spacial score (nSPS) is 15.2. The van der Waals surface area contributed by atoms with Crippen LogP contribution < -0.4 is 0 Å². The minimum atomic E-state index is 0.238. The highest BCUT2D eigenvalue weighted by atomic mass is 35.5. The van der Waals surface area contributed by atoms with Gasteiger partial charge in [0.05, 0.1) is 16.5 Å². The summed E-state index contributed by atoms with van der Waals surface area (Å²) in [4.78, 5) is 0. The van der Waals surface area contributed by atoms with E-state index in [0.29, 0.717) is 10.7 Å². The van der Waals surface area contributed by atoms with E-state index in [1.165, 1.54) is 0 Å². The van der Waals surface area contributed by atoms with Crippen LogP contribution in [0.2, 0.25) is 5.02 Å². The zero-order valence-corrected chi connectivity index (χ0v) is 16.0. The first-order chi connectivity index (χ1) is 13.8. The highest BCUT2D eigenvalue weighted by molar-refractivity contribution is 6.38. The van der Waals surface area contributed by atoms with Gasteiger partial charge in [-0.25, -0.2) is 4.68 Å². The lowest BCUT2D eigenvalue weighted by molar-refractivity contribution is 0.0673. The zero-order chi connectivity index (χ0) is 18.9. The second-order valence-electron chi connectivity index (χ2n) is 6.93. The second-order valence-corrected chi connectivity index (χ2v) is 7.31. The quantitative estimate of drug-likeness (QED) is 0.484. The van der Waals surface area contributed by atoms with Crippen LogP contribution in [0.4, 0.5) is 0 Å². The molecule has 0 amide bonds. The average Bonchev–Trinajstić information content (AvgIpc) is 3.16. The molecule has 140 valence electrons. The van der Waals surface area contributed by atoms with E-state index in [1.54, 1.807) is 0 Å². The van der Waals surface area contributed by atoms with Crippen LogP contribution in [0.5, 0.6) is 0 Å². The molecule has 0 unspecified atom stereocenters. The fourth-order valence-electron chi connectivity index (χ4n) is 3.75. The van der Waals surface area contributed by atoms with E-state index in [-0.39, 0.29) is 6.04 Å². The Hall–Kier alpha value is -2.76. The molecule has 0 radical (unpaired) electrons. The molecule has 1 saturated heterocycles. The Morgan fingerprint density at radius 2 is 1.43 bits per heavy atom. The van der Waals surface area contributed by atoms with E-state index in [1.807, 2.05) is 53.2 Å². The molecule has 0 spiro atoms. The van der Waals surface area contributed by atoms with Crippen LogP contribution in [0.1, 0.15) is 18.9 Å². The maximum atomic E-state index is 6.90. The maximum absolute atomic E-state index is 6.90. The van der Waals surface area contributed by atoms with E-state index < -0.39 is 0 Å². The molecule has 6 heteroatoms. The molecule has 5 nitrogen and oxygen atoms in total. The van der Waals surface area contributed by atoms with Crippen molar-refractivity contribution in [3.05, 3.63) is 65.7 Å². The number of rotatable bonds is 3. The fraction of sp³-hybridized carbons (Fsp3) is 0.227. The summed E-state index contributed by atoms with van der Waals surface area (Å²) in [5.41, 5.74) is 4.22. The highest BCUT2D eigenvalue weighted by Gasteiger charge is 2.25. The SMILES string of the molecule is Clc1c(-c2ccccc2)nnc2c1c(-c1ccccc1)nn2C1CCOCC1. The predicted octanol–water partition coefficient (Wildman–Crippen LogP) is 5.17. The van der Waals surface area contributed by atoms with Crippen LogP contribution in [0.15, 0.2) is 60.7 Å². The Labute approximate surface area is 167 Å². The fourth-order valence-corrected chi connectivity index (χ4v) is 4.07. The smallest absolute Gasteiger partial charge is 0.182 e. The molecule has 0 bridgehead atoms. The Morgan fingerprint density at radius 3 is 2.07 bits per heavy atom. The lowest BCUT2D eigenvalue weighted by atomic mass is 10.1. The largest absolute Gasteiger partial charge is 0.381 e. The Bertz CT molecular complexity index is 1110. The van der Waals surface area contributed by atoms with E-state index in [2.05, 4.69) is 22.3 Å². The monoisotopic (exact) mass is 390 g/mol. The van der Waals surface area contributed by atoms with Crippen molar-refractivity contribution in [2.24, 2.45) is 0 Å². The summed E-state index contributed by atoms with van der Waals surface area (Å²) in [6, 6.07) is 20.3. The topological polar surface area (TPSA) is 52.8 Å². The van der Waals surface area contributed by atoms with Gasteiger partial charge < -0.3 is 4.74 Å². The number of nitrogens with zero attached hydrogens (tertiary/aromatic N) is 4. The molecule has 4 aromatic rings. The molecular weight excluding hydrogens is 372 g/mol. The van der Waals surface area contributed by atoms with Crippen LogP contribution in [0, 0.1) is 0 Å². The van der Waals surface area contributed by atoms with Gasteiger partial charge in [-0.3, -0.25) is 0 Å². The van der Waals surface area contributed by atoms with Gasteiger partial charge in [-0.2, -0.15) is 5.10 Å². The molecule has 5 rings (SSSR count). The summed E-state index contributed by atoms with van der Waals surface area (Å²) in [6.45, 7) is 1.46. The number of fused-ring (bicyclic) bond motifs is 1. The highest BCUT2D eigenvalue weighted by Crippen LogP contribution is 2.38. The number of benzene rings is 2. The van der Waals surface area contributed by atoms with E-state index in [9.17, 15) is 0 Å². The molecule has 0 N–H and O–H groups in total. The molecule has 0 atom stereocenters. The minimum absolute atomic E-state index is 0.238. The summed E-state index contributed by atoms with van der Waals surface area (Å²) in [5.74, 6) is 0. The molecule has 0 saturated carbocycles. The third kappa shape index (κ3) is 2.97. The lowest BCUT2D eigenvalue weighted by Gasteiger charge is -2.22. The van der Waals surface area contributed by atoms with Gasteiger partial charge in [0.1, 0.15) is 11.4 Å². The summed E-state index contributed by atoms with van der Waals surface area (Å²) >= 11 is 6.90. The van der Waals surface area contributed by atoms with Gasteiger partial charge in [0.15, 0.2) is 5.65 Å². The van der Waals surface area contributed by atoms with Crippen LogP contribution in [-0.4, -0.2) is 33.2 Å². The third-order valence-corrected chi connectivity index (χ3v) is 5.56. The van der Waals surface area contributed by atoms with Crippen molar-refractivity contribution in [3.63, 3.8) is 0 Å². The summed E-state index contributed by atoms with van der Waals surface area (Å²) in [6.07, 6.45) is 1.81. The van der Waals surface area contributed by atoms with Crippen molar-refractivity contribution in [1.29, 1.82) is 0 Å². The molecule has 1 fully saturated rings. The molecule has 1 aliphatic heterocycles. The Morgan fingerprint density at radius 1 is 0.821 bits per heavy atom. The third-order valence-electron chi connectivity index (χ3n) is 5.19. The van der Waals surface area contributed by atoms with Crippen molar-refractivity contribution in [2.45, 2.75) is 18.9 Å². The van der Waals surface area contributed by atoms with Gasteiger partial charge in [-0.05, 0) is 12.8 Å². The van der Waals surface area contributed by atoms with Crippen LogP contribution >= 0.6 is 11.6 Å². The molecular formula is C22H19ClN4O. The Kier molecular flexibility index (Phi) is 4.55. The predicted molar refractivity (Wildman–Crippen MR) is 110 cm³/mol. The summed E-state index contributed by atoms with van der Waals surface area (Å²) in [7, 11) is 0. The molecule has 0 aliphatic carbocycles. The van der Waals surface area contributed by atoms with Gasteiger partial charge in [0.25, 0.3) is 0 Å². The van der Waals surface area contributed by atoms with Gasteiger partial charge in [0.2, 0.25) is 0 Å².